The second-order valence-electron chi connectivity index (χ2n) is 5.89. The molecule has 0 spiro atoms. The van der Waals surface area contributed by atoms with Crippen LogP contribution in [0.3, 0.4) is 0 Å². The van der Waals surface area contributed by atoms with Gasteiger partial charge in [0.1, 0.15) is 4.21 Å². The molecule has 1 amide bonds. The molecule has 0 aliphatic heterocycles. The third-order valence-corrected chi connectivity index (χ3v) is 8.52. The first-order chi connectivity index (χ1) is 14.0. The van der Waals surface area contributed by atoms with Crippen molar-refractivity contribution in [1.82, 2.24) is 4.98 Å². The lowest BCUT2D eigenvalue weighted by Crippen LogP contribution is -2.13. The number of benzene rings is 2. The molecule has 4 aromatic rings. The Morgan fingerprint density at radius 1 is 1.03 bits per heavy atom. The third kappa shape index (κ3) is 4.96. The molecule has 0 aliphatic carbocycles. The van der Waals surface area contributed by atoms with Crippen LogP contribution in [-0.4, -0.2) is 25.1 Å². The topological polar surface area (TPSA) is 88.2 Å². The molecule has 0 radical (unpaired) electrons. The lowest BCUT2D eigenvalue weighted by molar-refractivity contribution is -0.113. The minimum absolute atomic E-state index is 0.142. The smallest absolute Gasteiger partial charge is 0.271 e. The van der Waals surface area contributed by atoms with Crippen molar-refractivity contribution in [2.45, 2.75) is 9.10 Å². The van der Waals surface area contributed by atoms with Crippen LogP contribution in [0.1, 0.15) is 0 Å². The number of aromatic nitrogens is 1. The highest BCUT2D eigenvalue weighted by Gasteiger charge is 2.15. The predicted octanol–water partition coefficient (Wildman–Crippen LogP) is 4.89. The first-order valence-corrected chi connectivity index (χ1v) is 12.6. The van der Waals surface area contributed by atoms with Crippen molar-refractivity contribution < 1.29 is 13.2 Å². The Bertz CT molecular complexity index is 1200. The number of hydrogen-bond donors (Lipinski definition) is 2. The molecule has 0 aliphatic rings. The average molecular weight is 462 g/mol. The fourth-order valence-corrected chi connectivity index (χ4v) is 6.10. The number of thiazole rings is 1. The van der Waals surface area contributed by atoms with Crippen LogP contribution in [0.15, 0.2) is 75.1 Å². The lowest BCUT2D eigenvalue weighted by Gasteiger charge is -2.07. The number of nitrogens with one attached hydrogen (secondary N) is 2. The standard InChI is InChI=1S/C19H15N3O3S4/c23-17(21-19-20-15-4-1-2-5-16(15)28-19)12-27-14-9-7-13(8-10-14)22-29(24,25)18-6-3-11-26-18/h1-11,22H,12H2,(H,20,21,23). The van der Waals surface area contributed by atoms with E-state index in [0.29, 0.717) is 10.8 Å². The van der Waals surface area contributed by atoms with Gasteiger partial charge >= 0.3 is 0 Å². The molecule has 0 saturated carbocycles. The molecule has 0 saturated heterocycles. The Morgan fingerprint density at radius 3 is 2.55 bits per heavy atom. The van der Waals surface area contributed by atoms with Crippen molar-refractivity contribution in [1.29, 1.82) is 0 Å². The number of sulfonamides is 1. The van der Waals surface area contributed by atoms with Crippen LogP contribution < -0.4 is 10.0 Å². The second kappa shape index (κ2) is 8.54. The summed E-state index contributed by atoms with van der Waals surface area (Å²) < 4.78 is 28.3. The van der Waals surface area contributed by atoms with Gasteiger partial charge in [0.05, 0.1) is 16.0 Å². The molecule has 29 heavy (non-hydrogen) atoms. The van der Waals surface area contributed by atoms with E-state index in [2.05, 4.69) is 15.0 Å². The van der Waals surface area contributed by atoms with Gasteiger partial charge in [-0.15, -0.1) is 23.1 Å². The van der Waals surface area contributed by atoms with Crippen LogP contribution in [0.4, 0.5) is 10.8 Å². The SMILES string of the molecule is O=C(CSc1ccc(NS(=O)(=O)c2cccs2)cc1)Nc1nc2ccccc2s1. The van der Waals surface area contributed by atoms with Gasteiger partial charge in [-0.3, -0.25) is 9.52 Å². The molecular formula is C19H15N3O3S4. The molecule has 0 atom stereocenters. The molecule has 2 aromatic heterocycles. The summed E-state index contributed by atoms with van der Waals surface area (Å²) in [6.07, 6.45) is 0. The Balaban J connectivity index is 1.32. The zero-order chi connectivity index (χ0) is 20.3. The van der Waals surface area contributed by atoms with E-state index in [1.807, 2.05) is 24.3 Å². The Labute approximate surface area is 180 Å². The van der Waals surface area contributed by atoms with Crippen LogP contribution in [0.25, 0.3) is 10.2 Å². The summed E-state index contributed by atoms with van der Waals surface area (Å²) in [6.45, 7) is 0. The minimum Gasteiger partial charge on any atom is -0.301 e. The molecule has 6 nitrogen and oxygen atoms in total. The van der Waals surface area contributed by atoms with Crippen LogP contribution >= 0.6 is 34.4 Å². The fourth-order valence-electron chi connectivity index (χ4n) is 2.47. The number of nitrogens with zero attached hydrogens (tertiary/aromatic N) is 1. The second-order valence-corrected chi connectivity index (χ2v) is 10.8. The summed E-state index contributed by atoms with van der Waals surface area (Å²) in [6, 6.07) is 17.9. The van der Waals surface area contributed by atoms with Crippen LogP contribution in [0.5, 0.6) is 0 Å². The molecule has 2 aromatic carbocycles. The maximum Gasteiger partial charge on any atom is 0.271 e. The van der Waals surface area contributed by atoms with E-state index in [-0.39, 0.29) is 15.9 Å². The minimum atomic E-state index is -3.56. The number of para-hydroxylation sites is 1. The number of carbonyl (C=O) groups is 1. The van der Waals surface area contributed by atoms with E-state index in [4.69, 9.17) is 0 Å². The number of fused-ring (bicyclic) bond motifs is 1. The average Bonchev–Trinajstić information content (AvgIpc) is 3.37. The number of rotatable bonds is 7. The number of anilines is 2. The highest BCUT2D eigenvalue weighted by atomic mass is 32.2. The maximum absolute atomic E-state index is 12.2. The van der Waals surface area contributed by atoms with Gasteiger partial charge in [-0.2, -0.15) is 0 Å². The monoisotopic (exact) mass is 461 g/mol. The van der Waals surface area contributed by atoms with Crippen LogP contribution in [0.2, 0.25) is 0 Å². The summed E-state index contributed by atoms with van der Waals surface area (Å²) in [5.41, 5.74) is 1.34. The van der Waals surface area contributed by atoms with Gasteiger partial charge < -0.3 is 5.32 Å². The van der Waals surface area contributed by atoms with Gasteiger partial charge in [-0.05, 0) is 47.8 Å². The highest BCUT2D eigenvalue weighted by Crippen LogP contribution is 2.27. The molecule has 2 N–H and O–H groups in total. The van der Waals surface area contributed by atoms with Crippen molar-refractivity contribution in [3.05, 3.63) is 66.0 Å². The first-order valence-electron chi connectivity index (χ1n) is 8.44. The third-order valence-electron chi connectivity index (χ3n) is 3.78. The van der Waals surface area contributed by atoms with Gasteiger partial charge in [0.2, 0.25) is 5.91 Å². The van der Waals surface area contributed by atoms with Gasteiger partial charge in [0.25, 0.3) is 10.0 Å². The van der Waals surface area contributed by atoms with Gasteiger partial charge in [-0.1, -0.05) is 29.5 Å². The number of thioether (sulfide) groups is 1. The quantitative estimate of drug-likeness (QED) is 0.383. The zero-order valence-electron chi connectivity index (χ0n) is 14.9. The van der Waals surface area contributed by atoms with Crippen molar-refractivity contribution in [2.75, 3.05) is 15.8 Å². The number of thiophene rings is 1. The Morgan fingerprint density at radius 2 is 1.83 bits per heavy atom. The predicted molar refractivity (Wildman–Crippen MR) is 121 cm³/mol. The van der Waals surface area contributed by atoms with E-state index in [1.165, 1.54) is 23.1 Å². The fraction of sp³-hybridized carbons (Fsp3) is 0.0526. The molecule has 2 heterocycles. The summed E-state index contributed by atoms with van der Waals surface area (Å²) in [5, 5.41) is 5.11. The highest BCUT2D eigenvalue weighted by molar-refractivity contribution is 8.00. The van der Waals surface area contributed by atoms with Gasteiger partial charge in [0, 0.05) is 10.6 Å². The van der Waals surface area contributed by atoms with E-state index in [0.717, 1.165) is 26.4 Å². The summed E-state index contributed by atoms with van der Waals surface area (Å²) >= 11 is 3.97. The largest absolute Gasteiger partial charge is 0.301 e. The Kier molecular flexibility index (Phi) is 5.86. The first kappa shape index (κ1) is 19.9. The summed E-state index contributed by atoms with van der Waals surface area (Å²) in [7, 11) is -3.56. The molecular weight excluding hydrogens is 446 g/mol. The van der Waals surface area contributed by atoms with Gasteiger partial charge in [-0.25, -0.2) is 13.4 Å². The normalized spacial score (nSPS) is 11.4. The summed E-state index contributed by atoms with van der Waals surface area (Å²) in [5.74, 6) is 0.0902. The van der Waals surface area contributed by atoms with Crippen molar-refractivity contribution >= 4 is 71.4 Å². The van der Waals surface area contributed by atoms with Crippen molar-refractivity contribution in [3.63, 3.8) is 0 Å². The van der Waals surface area contributed by atoms with Crippen molar-refractivity contribution in [3.8, 4) is 0 Å². The zero-order valence-corrected chi connectivity index (χ0v) is 18.1. The molecule has 4 rings (SSSR count). The van der Waals surface area contributed by atoms with Crippen LogP contribution in [-0.2, 0) is 14.8 Å². The number of hydrogen-bond acceptors (Lipinski definition) is 7. The Hall–Kier alpha value is -2.40. The van der Waals surface area contributed by atoms with E-state index >= 15 is 0 Å². The van der Waals surface area contributed by atoms with E-state index < -0.39 is 10.0 Å². The molecule has 148 valence electrons. The van der Waals surface area contributed by atoms with Gasteiger partial charge in [0.15, 0.2) is 5.13 Å². The van der Waals surface area contributed by atoms with E-state index in [1.54, 1.807) is 41.8 Å². The van der Waals surface area contributed by atoms with Crippen molar-refractivity contribution in [2.24, 2.45) is 0 Å². The lowest BCUT2D eigenvalue weighted by atomic mass is 10.3. The molecule has 0 unspecified atom stereocenters. The summed E-state index contributed by atoms with van der Waals surface area (Å²) in [4.78, 5) is 17.4. The number of amides is 1. The molecule has 0 fully saturated rings. The molecule has 0 bridgehead atoms. The molecule has 10 heteroatoms. The number of carbonyl (C=O) groups excluding carboxylic acids is 1. The maximum atomic E-state index is 12.2. The van der Waals surface area contributed by atoms with Crippen LogP contribution in [0, 0.1) is 0 Å². The van der Waals surface area contributed by atoms with E-state index in [9.17, 15) is 13.2 Å².